The van der Waals surface area contributed by atoms with Crippen LogP contribution in [-0.2, 0) is 15.5 Å². The van der Waals surface area contributed by atoms with E-state index in [1.807, 2.05) is 54.6 Å². The summed E-state index contributed by atoms with van der Waals surface area (Å²) in [5, 5.41) is 2.16. The smallest absolute Gasteiger partial charge is 0.282 e. The van der Waals surface area contributed by atoms with Gasteiger partial charge >= 0.3 is 0 Å². The first-order chi connectivity index (χ1) is 16.5. The molecule has 34 heavy (non-hydrogen) atoms. The molecule has 4 aromatic carbocycles. The fourth-order valence-corrected chi connectivity index (χ4v) is 6.16. The van der Waals surface area contributed by atoms with Crippen LogP contribution in [0.25, 0.3) is 11.1 Å². The highest BCUT2D eigenvalue weighted by Crippen LogP contribution is 2.48. The Morgan fingerprint density at radius 2 is 1.06 bits per heavy atom. The molecule has 3 nitrogen and oxygen atoms in total. The van der Waals surface area contributed by atoms with Crippen molar-refractivity contribution in [2.75, 3.05) is 0 Å². The Hall–Kier alpha value is -3.51. The van der Waals surface area contributed by atoms with Crippen LogP contribution >= 0.6 is 11.3 Å². The van der Waals surface area contributed by atoms with Crippen LogP contribution < -0.4 is 0 Å². The first kappa shape index (κ1) is 22.3. The van der Waals surface area contributed by atoms with Crippen LogP contribution in [0.15, 0.2) is 132 Å². The molecule has 0 aliphatic carbocycles. The molecule has 0 radical (unpaired) electrons. The van der Waals surface area contributed by atoms with E-state index in [0.717, 1.165) is 32.7 Å². The van der Waals surface area contributed by atoms with Crippen molar-refractivity contribution in [3.05, 3.63) is 148 Å². The number of benzene rings is 4. The summed E-state index contributed by atoms with van der Waals surface area (Å²) >= 11 is 1.68. The van der Waals surface area contributed by atoms with E-state index in [0.29, 0.717) is 0 Å². The van der Waals surface area contributed by atoms with Gasteiger partial charge in [-0.05, 0) is 51.4 Å². The lowest BCUT2D eigenvalue weighted by molar-refractivity contribution is 0.483. The molecule has 5 rings (SSSR count). The molecule has 0 saturated heterocycles. The van der Waals surface area contributed by atoms with E-state index < -0.39 is 15.5 Å². The molecule has 0 aliphatic heterocycles. The van der Waals surface area contributed by atoms with Gasteiger partial charge in [-0.2, -0.15) is 8.42 Å². The zero-order valence-electron chi connectivity index (χ0n) is 18.2. The minimum atomic E-state index is -4.29. The van der Waals surface area contributed by atoms with Crippen molar-refractivity contribution in [2.45, 2.75) is 10.3 Å². The van der Waals surface area contributed by atoms with Gasteiger partial charge in [0.25, 0.3) is 10.1 Å². The number of thiophene rings is 1. The molecular weight excluding hydrogens is 460 g/mol. The van der Waals surface area contributed by atoms with E-state index in [9.17, 15) is 13.0 Å². The van der Waals surface area contributed by atoms with Gasteiger partial charge in [-0.3, -0.25) is 4.55 Å². The normalized spacial score (nSPS) is 11.9. The van der Waals surface area contributed by atoms with Crippen molar-refractivity contribution in [3.8, 4) is 11.1 Å². The highest BCUT2D eigenvalue weighted by atomic mass is 32.2. The Balaban J connectivity index is 1.82. The van der Waals surface area contributed by atoms with Gasteiger partial charge in [-0.25, -0.2) is 0 Å². The van der Waals surface area contributed by atoms with E-state index in [-0.39, 0.29) is 4.90 Å². The third-order valence-electron chi connectivity index (χ3n) is 6.07. The minimum absolute atomic E-state index is 0.123. The second-order valence-corrected chi connectivity index (χ2v) is 10.4. The van der Waals surface area contributed by atoms with Gasteiger partial charge in [-0.15, -0.1) is 11.3 Å². The van der Waals surface area contributed by atoms with Crippen LogP contribution in [0.3, 0.4) is 0 Å². The van der Waals surface area contributed by atoms with Crippen molar-refractivity contribution in [3.63, 3.8) is 0 Å². The van der Waals surface area contributed by atoms with E-state index in [1.54, 1.807) is 23.5 Å². The predicted molar refractivity (Wildman–Crippen MR) is 138 cm³/mol. The summed E-state index contributed by atoms with van der Waals surface area (Å²) in [7, 11) is -4.29. The predicted octanol–water partition coefficient (Wildman–Crippen LogP) is 7.04. The van der Waals surface area contributed by atoms with Gasteiger partial charge in [0.05, 0.1) is 10.3 Å². The summed E-state index contributed by atoms with van der Waals surface area (Å²) in [4.78, 5) is 0.991. The highest BCUT2D eigenvalue weighted by Gasteiger charge is 2.39. The maximum absolute atomic E-state index is 11.7. The standard InChI is InChI=1S/C29H22O3S2/c30-34(31,32)27-18-16-26(17-19-27)29(24-12-6-2-7-13-24,25-14-8-3-9-15-25)28-20-23(21-33-28)22-10-4-1-5-11-22/h1-21H,(H,30,31,32). The summed E-state index contributed by atoms with van der Waals surface area (Å²) in [6.07, 6.45) is 0. The molecule has 0 amide bonds. The Morgan fingerprint density at radius 3 is 1.56 bits per heavy atom. The third-order valence-corrected chi connectivity index (χ3v) is 7.99. The van der Waals surface area contributed by atoms with Gasteiger partial charge in [0.15, 0.2) is 0 Å². The Labute approximate surface area is 203 Å². The summed E-state index contributed by atoms with van der Waals surface area (Å²) < 4.78 is 33.0. The van der Waals surface area contributed by atoms with Gasteiger partial charge in [0, 0.05) is 4.88 Å². The van der Waals surface area contributed by atoms with Crippen LogP contribution in [0.4, 0.5) is 0 Å². The Bertz CT molecular complexity index is 1450. The summed E-state index contributed by atoms with van der Waals surface area (Å²) in [6.45, 7) is 0. The molecule has 0 unspecified atom stereocenters. The molecule has 5 heteroatoms. The molecule has 0 bridgehead atoms. The van der Waals surface area contributed by atoms with E-state index >= 15 is 0 Å². The summed E-state index contributed by atoms with van der Waals surface area (Å²) in [6, 6.07) is 39.5. The quantitative estimate of drug-likeness (QED) is 0.208. The average Bonchev–Trinajstić information content (AvgIpc) is 3.37. The molecule has 0 fully saturated rings. The molecule has 1 N–H and O–H groups in total. The van der Waals surface area contributed by atoms with Gasteiger partial charge < -0.3 is 0 Å². The number of hydrogen-bond donors (Lipinski definition) is 1. The number of rotatable bonds is 6. The summed E-state index contributed by atoms with van der Waals surface area (Å²) in [5.41, 5.74) is 4.66. The molecule has 0 spiro atoms. The lowest BCUT2D eigenvalue weighted by Gasteiger charge is -2.35. The summed E-state index contributed by atoms with van der Waals surface area (Å²) in [5.74, 6) is 0. The van der Waals surface area contributed by atoms with E-state index in [2.05, 4.69) is 47.8 Å². The second-order valence-electron chi connectivity index (χ2n) is 8.05. The molecule has 168 valence electrons. The van der Waals surface area contributed by atoms with Crippen molar-refractivity contribution in [1.82, 2.24) is 0 Å². The monoisotopic (exact) mass is 482 g/mol. The minimum Gasteiger partial charge on any atom is -0.282 e. The first-order valence-electron chi connectivity index (χ1n) is 10.8. The van der Waals surface area contributed by atoms with Crippen LogP contribution in [0, 0.1) is 0 Å². The largest absolute Gasteiger partial charge is 0.294 e. The maximum atomic E-state index is 11.7. The zero-order valence-corrected chi connectivity index (χ0v) is 19.8. The van der Waals surface area contributed by atoms with Gasteiger partial charge in [0.2, 0.25) is 0 Å². The van der Waals surface area contributed by atoms with Crippen LogP contribution in [0.2, 0.25) is 0 Å². The molecule has 0 atom stereocenters. The first-order valence-corrected chi connectivity index (χ1v) is 13.1. The molecule has 1 aromatic heterocycles. The Kier molecular flexibility index (Phi) is 5.92. The highest BCUT2D eigenvalue weighted by molar-refractivity contribution is 7.85. The lowest BCUT2D eigenvalue weighted by Crippen LogP contribution is -2.30. The molecular formula is C29H22O3S2. The van der Waals surface area contributed by atoms with Crippen molar-refractivity contribution in [2.24, 2.45) is 0 Å². The van der Waals surface area contributed by atoms with E-state index in [4.69, 9.17) is 0 Å². The average molecular weight is 483 g/mol. The van der Waals surface area contributed by atoms with Gasteiger partial charge in [-0.1, -0.05) is 103 Å². The van der Waals surface area contributed by atoms with Crippen molar-refractivity contribution >= 4 is 21.5 Å². The second kappa shape index (κ2) is 9.03. The van der Waals surface area contributed by atoms with Crippen LogP contribution in [0.1, 0.15) is 21.6 Å². The fraction of sp³-hybridized carbons (Fsp3) is 0.0345. The SMILES string of the molecule is O=S(=O)(O)c1ccc(C(c2ccccc2)(c2ccccc2)c2cc(-c3ccccc3)cs2)cc1. The third kappa shape index (κ3) is 3.99. The van der Waals surface area contributed by atoms with Crippen LogP contribution in [0.5, 0.6) is 0 Å². The maximum Gasteiger partial charge on any atom is 0.294 e. The molecule has 5 aromatic rings. The van der Waals surface area contributed by atoms with Gasteiger partial charge in [0.1, 0.15) is 0 Å². The number of hydrogen-bond acceptors (Lipinski definition) is 3. The van der Waals surface area contributed by atoms with Crippen molar-refractivity contribution < 1.29 is 13.0 Å². The zero-order chi connectivity index (χ0) is 23.6. The van der Waals surface area contributed by atoms with E-state index in [1.165, 1.54) is 12.1 Å². The molecule has 0 saturated carbocycles. The molecule has 0 aliphatic rings. The Morgan fingerprint density at radius 1 is 0.588 bits per heavy atom. The lowest BCUT2D eigenvalue weighted by atomic mass is 9.68. The van der Waals surface area contributed by atoms with Crippen molar-refractivity contribution in [1.29, 1.82) is 0 Å². The fourth-order valence-electron chi connectivity index (χ4n) is 4.49. The van der Waals surface area contributed by atoms with Crippen LogP contribution in [-0.4, -0.2) is 13.0 Å². The topological polar surface area (TPSA) is 54.4 Å². The molecule has 1 heterocycles.